The molecule has 4 N–H and O–H groups in total. The van der Waals surface area contributed by atoms with Gasteiger partial charge in [-0.05, 0) is 42.8 Å². The molecule has 0 saturated carbocycles. The van der Waals surface area contributed by atoms with E-state index in [4.69, 9.17) is 4.74 Å². The Morgan fingerprint density at radius 3 is 2.49 bits per heavy atom. The number of aromatic nitrogens is 2. The van der Waals surface area contributed by atoms with E-state index < -0.39 is 51.0 Å². The average molecular weight is 615 g/mol. The number of carboxylic acid groups (broad SMARTS) is 1. The number of nitrogens with zero attached hydrogens (tertiary/aromatic N) is 3. The van der Waals surface area contributed by atoms with Crippen LogP contribution in [0.3, 0.4) is 0 Å². The summed E-state index contributed by atoms with van der Waals surface area (Å²) in [6, 6.07) is 9.22. The van der Waals surface area contributed by atoms with Gasteiger partial charge in [0.1, 0.15) is 34.6 Å². The number of benzene rings is 2. The summed E-state index contributed by atoms with van der Waals surface area (Å²) in [5.74, 6) is -1.90. The Labute approximate surface area is 248 Å². The summed E-state index contributed by atoms with van der Waals surface area (Å²) < 4.78 is 40.3. The van der Waals surface area contributed by atoms with Gasteiger partial charge < -0.3 is 29.7 Å². The van der Waals surface area contributed by atoms with Gasteiger partial charge in [0.25, 0.3) is 16.0 Å². The quantitative estimate of drug-likeness (QED) is 0.163. The first kappa shape index (κ1) is 31.5. The van der Waals surface area contributed by atoms with Gasteiger partial charge >= 0.3 is 5.97 Å². The highest BCUT2D eigenvalue weighted by molar-refractivity contribution is 7.86. The number of phenolic OH excluding ortho intramolecular Hbond substituents is 1. The third-order valence-corrected chi connectivity index (χ3v) is 8.11. The SMILES string of the molecule is CCCCCCC(C(=O)N1C[C@@H](Oc2ccc(O)cc2)C[C@H]1C(=O)O)n1cnc(NC(=O)c2ccccc2S(=O)(=O)O)c1. The maximum atomic E-state index is 13.9. The molecule has 0 spiro atoms. The summed E-state index contributed by atoms with van der Waals surface area (Å²) in [6.45, 7) is 2.09. The number of rotatable bonds is 13. The number of hydrogen-bond donors (Lipinski definition) is 4. The lowest BCUT2D eigenvalue weighted by Crippen LogP contribution is -2.44. The van der Waals surface area contributed by atoms with Crippen molar-refractivity contribution in [1.29, 1.82) is 0 Å². The topological polar surface area (TPSA) is 188 Å². The van der Waals surface area contributed by atoms with Crippen molar-refractivity contribution in [2.45, 2.75) is 68.5 Å². The summed E-state index contributed by atoms with van der Waals surface area (Å²) in [6.07, 6.45) is 6.14. The molecule has 3 atom stereocenters. The van der Waals surface area contributed by atoms with E-state index in [9.17, 15) is 37.6 Å². The number of nitrogens with one attached hydrogen (secondary N) is 1. The summed E-state index contributed by atoms with van der Waals surface area (Å²) in [5.41, 5.74) is -0.284. The van der Waals surface area contributed by atoms with Crippen LogP contribution in [-0.4, -0.2) is 74.1 Å². The number of phenols is 1. The van der Waals surface area contributed by atoms with Crippen LogP contribution in [-0.2, 0) is 19.7 Å². The predicted octanol–water partition coefficient (Wildman–Crippen LogP) is 3.73. The van der Waals surface area contributed by atoms with Gasteiger partial charge in [0.15, 0.2) is 5.82 Å². The maximum absolute atomic E-state index is 13.9. The third kappa shape index (κ3) is 7.90. The number of ether oxygens (including phenoxy) is 1. The van der Waals surface area contributed by atoms with Crippen molar-refractivity contribution in [3.05, 3.63) is 66.6 Å². The van der Waals surface area contributed by atoms with Crippen molar-refractivity contribution in [3.8, 4) is 11.5 Å². The molecule has 43 heavy (non-hydrogen) atoms. The number of likely N-dealkylation sites (tertiary alicyclic amines) is 1. The number of carbonyl (C=O) groups excluding carboxylic acids is 2. The molecule has 0 radical (unpaired) electrons. The lowest BCUT2D eigenvalue weighted by molar-refractivity contribution is -0.149. The fourth-order valence-corrected chi connectivity index (χ4v) is 5.76. The Hall–Kier alpha value is -4.43. The average Bonchev–Trinajstić information content (AvgIpc) is 3.61. The first-order chi connectivity index (χ1) is 20.5. The molecule has 2 amide bonds. The Morgan fingerprint density at radius 1 is 1.09 bits per heavy atom. The van der Waals surface area contributed by atoms with Crippen LogP contribution in [0.4, 0.5) is 5.82 Å². The minimum absolute atomic E-state index is 0.0336. The zero-order chi connectivity index (χ0) is 31.1. The number of hydrogen-bond acceptors (Lipinski definition) is 8. The van der Waals surface area contributed by atoms with E-state index in [1.165, 1.54) is 52.3 Å². The molecule has 1 saturated heterocycles. The van der Waals surface area contributed by atoms with Crippen molar-refractivity contribution < 1.29 is 42.3 Å². The highest BCUT2D eigenvalue weighted by atomic mass is 32.2. The Morgan fingerprint density at radius 2 is 1.81 bits per heavy atom. The second-order valence-electron chi connectivity index (χ2n) is 10.3. The van der Waals surface area contributed by atoms with Crippen LogP contribution >= 0.6 is 0 Å². The van der Waals surface area contributed by atoms with Crippen LogP contribution in [0.5, 0.6) is 11.5 Å². The lowest BCUT2D eigenvalue weighted by atomic mass is 10.1. The van der Waals surface area contributed by atoms with E-state index in [0.717, 1.165) is 25.3 Å². The van der Waals surface area contributed by atoms with Gasteiger partial charge in [0.05, 0.1) is 18.4 Å². The van der Waals surface area contributed by atoms with Crippen molar-refractivity contribution >= 4 is 33.7 Å². The lowest BCUT2D eigenvalue weighted by Gasteiger charge is -2.27. The van der Waals surface area contributed by atoms with Crippen molar-refractivity contribution in [2.75, 3.05) is 11.9 Å². The van der Waals surface area contributed by atoms with E-state index in [2.05, 4.69) is 17.2 Å². The van der Waals surface area contributed by atoms with Crippen LogP contribution in [0.2, 0.25) is 0 Å². The zero-order valence-electron chi connectivity index (χ0n) is 23.5. The number of aliphatic carboxylic acids is 1. The van der Waals surface area contributed by atoms with Crippen LogP contribution in [0, 0.1) is 0 Å². The Bertz CT molecular complexity index is 1560. The van der Waals surface area contributed by atoms with Crippen molar-refractivity contribution in [1.82, 2.24) is 14.5 Å². The molecule has 2 aromatic carbocycles. The molecule has 1 aliphatic rings. The fourth-order valence-electron chi connectivity index (χ4n) is 5.07. The predicted molar refractivity (Wildman–Crippen MR) is 155 cm³/mol. The van der Waals surface area contributed by atoms with E-state index in [1.54, 1.807) is 12.1 Å². The molecular formula is C29H34N4O9S. The third-order valence-electron chi connectivity index (χ3n) is 7.20. The largest absolute Gasteiger partial charge is 0.508 e. The number of imidazole rings is 1. The Kier molecular flexibility index (Phi) is 10.0. The van der Waals surface area contributed by atoms with Gasteiger partial charge in [-0.15, -0.1) is 0 Å². The molecule has 14 heteroatoms. The van der Waals surface area contributed by atoms with Gasteiger partial charge in [0, 0.05) is 12.6 Å². The number of carboxylic acids is 1. The van der Waals surface area contributed by atoms with Crippen LogP contribution < -0.4 is 10.1 Å². The minimum atomic E-state index is -4.66. The molecule has 1 aliphatic heterocycles. The summed E-state index contributed by atoms with van der Waals surface area (Å²) in [5, 5.41) is 21.9. The Balaban J connectivity index is 1.55. The molecule has 0 aliphatic carbocycles. The van der Waals surface area contributed by atoms with Gasteiger partial charge in [-0.25, -0.2) is 9.78 Å². The molecular weight excluding hydrogens is 580 g/mol. The van der Waals surface area contributed by atoms with Gasteiger partial charge in [-0.1, -0.05) is 44.7 Å². The molecule has 0 bridgehead atoms. The smallest absolute Gasteiger partial charge is 0.326 e. The number of unbranched alkanes of at least 4 members (excludes halogenated alkanes) is 3. The standard InChI is InChI=1S/C29H34N4O9S/c1-2-3-4-5-9-23(28(36)33-16-21(15-24(33)29(37)38)42-20-13-11-19(34)12-14-20)32-17-26(30-18-32)31-27(35)22-8-6-7-10-25(22)43(39,40)41/h6-8,10-14,17-18,21,23-24,34H,2-5,9,15-16H2,1H3,(H,31,35)(H,37,38)(H,39,40,41)/t21-,23?,24-/m0/s1. The van der Waals surface area contributed by atoms with Gasteiger partial charge in [-0.3, -0.25) is 14.1 Å². The summed E-state index contributed by atoms with van der Waals surface area (Å²) in [7, 11) is -4.66. The van der Waals surface area contributed by atoms with Gasteiger partial charge in [-0.2, -0.15) is 8.42 Å². The molecule has 1 unspecified atom stereocenters. The second kappa shape index (κ2) is 13.7. The molecule has 2 heterocycles. The molecule has 1 fully saturated rings. The monoisotopic (exact) mass is 614 g/mol. The number of amides is 2. The first-order valence-corrected chi connectivity index (χ1v) is 15.3. The maximum Gasteiger partial charge on any atom is 0.326 e. The van der Waals surface area contributed by atoms with E-state index in [0.29, 0.717) is 18.6 Å². The van der Waals surface area contributed by atoms with Crippen LogP contribution in [0.1, 0.15) is 61.8 Å². The highest BCUT2D eigenvalue weighted by Gasteiger charge is 2.43. The van der Waals surface area contributed by atoms with Crippen molar-refractivity contribution in [3.63, 3.8) is 0 Å². The molecule has 4 rings (SSSR count). The zero-order valence-corrected chi connectivity index (χ0v) is 24.3. The number of aromatic hydroxyl groups is 1. The number of carbonyl (C=O) groups is 3. The molecule has 13 nitrogen and oxygen atoms in total. The molecule has 230 valence electrons. The van der Waals surface area contributed by atoms with E-state index >= 15 is 0 Å². The second-order valence-corrected chi connectivity index (χ2v) is 11.7. The summed E-state index contributed by atoms with van der Waals surface area (Å²) in [4.78, 5) is 43.8. The fraction of sp³-hybridized carbons (Fsp3) is 0.379. The van der Waals surface area contributed by atoms with E-state index in [-0.39, 0.29) is 30.1 Å². The van der Waals surface area contributed by atoms with Gasteiger partial charge in [0.2, 0.25) is 5.91 Å². The van der Waals surface area contributed by atoms with Crippen molar-refractivity contribution in [2.24, 2.45) is 0 Å². The minimum Gasteiger partial charge on any atom is -0.508 e. The molecule has 1 aromatic heterocycles. The normalized spacial score (nSPS) is 17.4. The van der Waals surface area contributed by atoms with E-state index in [1.807, 2.05) is 0 Å². The van der Waals surface area contributed by atoms with Crippen LogP contribution in [0.25, 0.3) is 0 Å². The molecule has 3 aromatic rings. The summed E-state index contributed by atoms with van der Waals surface area (Å²) >= 11 is 0. The highest BCUT2D eigenvalue weighted by Crippen LogP contribution is 2.29. The van der Waals surface area contributed by atoms with Crippen LogP contribution in [0.15, 0.2) is 66.0 Å². The number of anilines is 1. The first-order valence-electron chi connectivity index (χ1n) is 13.9.